The normalized spacial score (nSPS) is 16.8. The smallest absolute Gasteiger partial charge is 0.0194 e. The van der Waals surface area contributed by atoms with Gasteiger partial charge in [0.2, 0.25) is 0 Å². The molecule has 0 radical (unpaired) electrons. The van der Waals surface area contributed by atoms with Crippen LogP contribution in [0.25, 0.3) is 0 Å². The Kier molecular flexibility index (Phi) is 11.6. The summed E-state index contributed by atoms with van der Waals surface area (Å²) in [6.45, 7) is 6.77. The Morgan fingerprint density at radius 2 is 1.47 bits per heavy atom. The molecule has 0 saturated heterocycles. The summed E-state index contributed by atoms with van der Waals surface area (Å²) in [6, 6.07) is 0.283. The Labute approximate surface area is 114 Å². The lowest BCUT2D eigenvalue weighted by atomic mass is 9.94. The minimum Gasteiger partial charge on any atom is -0.327 e. The van der Waals surface area contributed by atoms with Crippen LogP contribution in [0.1, 0.15) is 78.6 Å². The number of thiol groups is 1. The Balaban J connectivity index is 3.53. The van der Waals surface area contributed by atoms with Crippen molar-refractivity contribution >= 4 is 12.6 Å². The molecule has 3 unspecified atom stereocenters. The first-order valence-corrected chi connectivity index (χ1v) is 8.08. The van der Waals surface area contributed by atoms with Crippen molar-refractivity contribution in [1.82, 2.24) is 0 Å². The highest BCUT2D eigenvalue weighted by atomic mass is 32.1. The zero-order chi connectivity index (χ0) is 13.1. The number of rotatable bonds is 11. The Morgan fingerprint density at radius 1 is 0.882 bits per heavy atom. The summed E-state index contributed by atoms with van der Waals surface area (Å²) in [7, 11) is 0. The average molecular weight is 260 g/mol. The van der Waals surface area contributed by atoms with Gasteiger partial charge in [0.1, 0.15) is 0 Å². The van der Waals surface area contributed by atoms with Gasteiger partial charge in [0.15, 0.2) is 0 Å². The molecule has 0 spiro atoms. The van der Waals surface area contributed by atoms with Gasteiger partial charge in [-0.3, -0.25) is 0 Å². The summed E-state index contributed by atoms with van der Waals surface area (Å²) in [5, 5.41) is 0.380. The first-order chi connectivity index (χ1) is 8.13. The molecular weight excluding hydrogens is 226 g/mol. The van der Waals surface area contributed by atoms with Crippen molar-refractivity contribution in [2.24, 2.45) is 11.7 Å². The van der Waals surface area contributed by atoms with Gasteiger partial charge in [0.25, 0.3) is 0 Å². The fraction of sp³-hybridized carbons (Fsp3) is 1.00. The molecule has 0 aromatic heterocycles. The summed E-state index contributed by atoms with van der Waals surface area (Å²) in [6.07, 6.45) is 11.7. The van der Waals surface area contributed by atoms with Gasteiger partial charge in [0.05, 0.1) is 0 Å². The molecule has 0 bridgehead atoms. The molecule has 0 aliphatic carbocycles. The lowest BCUT2D eigenvalue weighted by Gasteiger charge is -2.25. The van der Waals surface area contributed by atoms with Crippen molar-refractivity contribution in [3.05, 3.63) is 0 Å². The fourth-order valence-electron chi connectivity index (χ4n) is 2.38. The van der Waals surface area contributed by atoms with Crippen molar-refractivity contribution in [1.29, 1.82) is 0 Å². The Hall–Kier alpha value is 0.310. The fourth-order valence-corrected chi connectivity index (χ4v) is 2.68. The average Bonchev–Trinajstić information content (AvgIpc) is 2.32. The summed E-state index contributed by atoms with van der Waals surface area (Å²) in [4.78, 5) is 0. The van der Waals surface area contributed by atoms with Crippen LogP contribution in [0.15, 0.2) is 0 Å². The van der Waals surface area contributed by atoms with Gasteiger partial charge in [-0.25, -0.2) is 0 Å². The van der Waals surface area contributed by atoms with Gasteiger partial charge in [-0.05, 0) is 18.8 Å². The van der Waals surface area contributed by atoms with Crippen LogP contribution in [0.4, 0.5) is 0 Å². The maximum Gasteiger partial charge on any atom is 0.0194 e. The van der Waals surface area contributed by atoms with Gasteiger partial charge in [-0.15, -0.1) is 0 Å². The number of unbranched alkanes of at least 4 members (excludes halogenated alkanes) is 5. The second-order valence-electron chi connectivity index (χ2n) is 5.48. The van der Waals surface area contributed by atoms with Crippen LogP contribution in [0.3, 0.4) is 0 Å². The van der Waals surface area contributed by atoms with Gasteiger partial charge >= 0.3 is 0 Å². The molecule has 0 amide bonds. The van der Waals surface area contributed by atoms with E-state index in [2.05, 4.69) is 33.4 Å². The molecule has 104 valence electrons. The third kappa shape index (κ3) is 8.96. The summed E-state index contributed by atoms with van der Waals surface area (Å²) in [5.41, 5.74) is 6.21. The van der Waals surface area contributed by atoms with Crippen LogP contribution < -0.4 is 5.73 Å². The van der Waals surface area contributed by atoms with E-state index in [1.165, 1.54) is 51.4 Å². The maximum atomic E-state index is 6.21. The zero-order valence-corrected chi connectivity index (χ0v) is 13.0. The molecule has 0 aliphatic heterocycles. The minimum atomic E-state index is 0.283. The quantitative estimate of drug-likeness (QED) is 0.404. The molecule has 2 N–H and O–H groups in total. The molecule has 0 aliphatic rings. The molecule has 0 rings (SSSR count). The van der Waals surface area contributed by atoms with E-state index >= 15 is 0 Å². The molecule has 1 nitrogen and oxygen atoms in total. The van der Waals surface area contributed by atoms with Crippen LogP contribution in [-0.4, -0.2) is 11.3 Å². The summed E-state index contributed by atoms with van der Waals surface area (Å²) < 4.78 is 0. The molecule has 0 fully saturated rings. The minimum absolute atomic E-state index is 0.283. The van der Waals surface area contributed by atoms with E-state index in [1.807, 2.05) is 0 Å². The molecule has 2 heteroatoms. The zero-order valence-electron chi connectivity index (χ0n) is 12.1. The first-order valence-electron chi connectivity index (χ1n) is 7.57. The highest BCUT2D eigenvalue weighted by Crippen LogP contribution is 2.21. The largest absolute Gasteiger partial charge is 0.327 e. The monoisotopic (exact) mass is 259 g/mol. The lowest BCUT2D eigenvalue weighted by molar-refractivity contribution is 0.423. The van der Waals surface area contributed by atoms with Gasteiger partial charge in [-0.2, -0.15) is 12.6 Å². The second kappa shape index (κ2) is 11.4. The molecular formula is C15H33NS. The summed E-state index contributed by atoms with van der Waals surface area (Å²) in [5.74, 6) is 0.651. The van der Waals surface area contributed by atoms with E-state index in [0.717, 1.165) is 6.42 Å². The molecule has 3 atom stereocenters. The van der Waals surface area contributed by atoms with Crippen LogP contribution in [-0.2, 0) is 0 Å². The van der Waals surface area contributed by atoms with E-state index in [1.54, 1.807) is 0 Å². The van der Waals surface area contributed by atoms with E-state index in [4.69, 9.17) is 5.73 Å². The molecule has 0 aromatic rings. The van der Waals surface area contributed by atoms with Crippen molar-refractivity contribution in [3.63, 3.8) is 0 Å². The number of hydrogen-bond acceptors (Lipinski definition) is 2. The van der Waals surface area contributed by atoms with Gasteiger partial charge < -0.3 is 5.73 Å². The van der Waals surface area contributed by atoms with E-state index < -0.39 is 0 Å². The van der Waals surface area contributed by atoms with Crippen LogP contribution in [0, 0.1) is 5.92 Å². The predicted octanol–water partition coefficient (Wildman–Crippen LogP) is 4.80. The summed E-state index contributed by atoms with van der Waals surface area (Å²) >= 11 is 4.69. The molecule has 0 saturated carbocycles. The van der Waals surface area contributed by atoms with Crippen molar-refractivity contribution in [2.45, 2.75) is 89.9 Å². The Morgan fingerprint density at radius 3 is 2.06 bits per heavy atom. The maximum absolute atomic E-state index is 6.21. The highest BCUT2D eigenvalue weighted by molar-refractivity contribution is 7.81. The van der Waals surface area contributed by atoms with Crippen LogP contribution in [0.2, 0.25) is 0 Å². The van der Waals surface area contributed by atoms with Crippen LogP contribution >= 0.6 is 12.6 Å². The molecule has 0 aromatic carbocycles. The SMILES string of the molecule is CCCCCCCCC(N)C(S)C(C)CCC. The third-order valence-electron chi connectivity index (χ3n) is 3.66. The van der Waals surface area contributed by atoms with Crippen molar-refractivity contribution in [2.75, 3.05) is 0 Å². The number of hydrogen-bond donors (Lipinski definition) is 2. The molecule has 0 heterocycles. The standard InChI is InChI=1S/C15H33NS/c1-4-6-7-8-9-10-12-14(16)15(17)13(3)11-5-2/h13-15,17H,4-12,16H2,1-3H3. The molecule has 17 heavy (non-hydrogen) atoms. The topological polar surface area (TPSA) is 26.0 Å². The Bertz CT molecular complexity index is 161. The van der Waals surface area contributed by atoms with Gasteiger partial charge in [-0.1, -0.05) is 65.7 Å². The van der Waals surface area contributed by atoms with Crippen LogP contribution in [0.5, 0.6) is 0 Å². The van der Waals surface area contributed by atoms with E-state index in [-0.39, 0.29) is 6.04 Å². The predicted molar refractivity (Wildman–Crippen MR) is 82.8 cm³/mol. The number of nitrogens with two attached hydrogens (primary N) is 1. The first kappa shape index (κ1) is 17.3. The van der Waals surface area contributed by atoms with Crippen molar-refractivity contribution < 1.29 is 0 Å². The van der Waals surface area contributed by atoms with Crippen molar-refractivity contribution in [3.8, 4) is 0 Å². The van der Waals surface area contributed by atoms with Gasteiger partial charge in [0, 0.05) is 11.3 Å². The highest BCUT2D eigenvalue weighted by Gasteiger charge is 2.19. The van der Waals surface area contributed by atoms with E-state index in [9.17, 15) is 0 Å². The second-order valence-corrected chi connectivity index (χ2v) is 6.07. The lowest BCUT2D eigenvalue weighted by Crippen LogP contribution is -2.35. The third-order valence-corrected chi connectivity index (χ3v) is 4.55. The van der Waals surface area contributed by atoms with E-state index in [0.29, 0.717) is 11.2 Å².